The highest BCUT2D eigenvalue weighted by Crippen LogP contribution is 2.57. The second-order valence-corrected chi connectivity index (χ2v) is 37.7. The summed E-state index contributed by atoms with van der Waals surface area (Å²) in [6.07, 6.45) is 3.79. The van der Waals surface area contributed by atoms with Crippen LogP contribution in [-0.4, -0.2) is 9.13 Å². The van der Waals surface area contributed by atoms with Crippen molar-refractivity contribution in [3.8, 4) is 112 Å². The number of rotatable bonds is 15. The van der Waals surface area contributed by atoms with E-state index in [4.69, 9.17) is 0 Å². The van der Waals surface area contributed by atoms with E-state index in [1.54, 1.807) is 0 Å². The maximum atomic E-state index is 3.98. The minimum absolute atomic E-state index is 0.169. The first kappa shape index (κ1) is 76.3. The molecule has 0 fully saturated rings. The van der Waals surface area contributed by atoms with Gasteiger partial charge in [-0.3, -0.25) is 0 Å². The smallest absolute Gasteiger partial charge is 0.0582 e. The Morgan fingerprint density at radius 3 is 0.828 bits per heavy atom. The molecule has 18 aromatic carbocycles. The summed E-state index contributed by atoms with van der Waals surface area (Å²) in [5, 5.41) is 4.99. The van der Waals surface area contributed by atoms with E-state index in [0.717, 1.165) is 67.5 Å². The minimum atomic E-state index is -0.326. The first-order valence-electron chi connectivity index (χ1n) is 45.0. The highest BCUT2D eigenvalue weighted by Gasteiger charge is 2.41. The van der Waals surface area contributed by atoms with Gasteiger partial charge in [-0.15, -0.1) is 0 Å². The van der Waals surface area contributed by atoms with Crippen molar-refractivity contribution in [2.75, 3.05) is 9.80 Å². The van der Waals surface area contributed by atoms with Crippen molar-refractivity contribution in [3.05, 3.63) is 457 Å². The number of anilines is 6. The molecule has 4 nitrogen and oxygen atoms in total. The predicted octanol–water partition coefficient (Wildman–Crippen LogP) is 33.7. The number of fused-ring (bicyclic) bond motifs is 16. The van der Waals surface area contributed by atoms with E-state index in [1.165, 1.54) is 177 Å². The lowest BCUT2D eigenvalue weighted by Crippen LogP contribution is -2.26. The van der Waals surface area contributed by atoms with E-state index in [0.29, 0.717) is 0 Å². The molecule has 4 heterocycles. The molecular weight excluding hydrogens is 1550 g/mol. The SMILES string of the molecule is C=Cc1ccc(-c2cccc(-c3ccc(N(c4ccc(-c5ccc6c7cc(-c8cc9c%10c(c8)c8ccc(-c%11ccc(N(c%12ccc(-c%13cccc(-c%14ccc(C=C)cc%14)c%13)cc%12)c%12ccc%13c(c%12)C(C)(C)c%12ccccc%12-%13)cc%11)cc8n%10-c8ccccc8C9(C)C)cc8c7n(c6c5)-c5ccccc5C8(C)C)cc4)c4ccc5c(c4)C(C)(C)c4ccccc4-5)cc3)c2)cc1. The minimum Gasteiger partial charge on any atom is -0.310 e. The van der Waals surface area contributed by atoms with Crippen LogP contribution in [0.5, 0.6) is 0 Å². The standard InChI is InChI=1S/C124H94N4/c1-11-77-35-39-79(40-36-77)85-23-21-25-87(67-85)81-43-53-93(54-44-81)125(97-61-65-101-99-27-13-15-29-107(99)121(3,4)111(101)75-97)95-57-47-83(48-58-95)89-51-63-103-105-69-91(71-113-119(105)127(117(103)73-89)115-33-19-17-31-109(115)123(113,7)8)92-70-106-104-64-52-90(74-118(104)128-116-34-20-18-32-110(116)124(9,10)114(72-92)120(106)128)84-49-59-96(60-50-84)126(98-62-66-102-100-28-14-16-30-108(100)122(5,6)112(102)76-98)94-55-45-82(46-56-94)88-26-22-24-86(68-88)80-41-37-78(12-2)38-42-80/h11-76H,1-2H2,3-10H3. The highest BCUT2D eigenvalue weighted by molar-refractivity contribution is 6.17. The van der Waals surface area contributed by atoms with E-state index in [9.17, 15) is 0 Å². The molecule has 128 heavy (non-hydrogen) atoms. The molecule has 4 heteroatoms. The second kappa shape index (κ2) is 28.6. The molecule has 2 aliphatic heterocycles. The Hall–Kier alpha value is -15.4. The van der Waals surface area contributed by atoms with Gasteiger partial charge in [0.2, 0.25) is 0 Å². The van der Waals surface area contributed by atoms with Gasteiger partial charge in [0.05, 0.1) is 33.4 Å². The summed E-state index contributed by atoms with van der Waals surface area (Å²) in [7, 11) is 0. The number of hydrogen-bond donors (Lipinski definition) is 0. The molecule has 2 aliphatic carbocycles. The fourth-order valence-electron chi connectivity index (χ4n) is 22.3. The third-order valence-electron chi connectivity index (χ3n) is 29.2. The first-order valence-corrected chi connectivity index (χ1v) is 45.0. The Bertz CT molecular complexity index is 7560. The summed E-state index contributed by atoms with van der Waals surface area (Å²) in [6.45, 7) is 27.2. The molecule has 2 aromatic heterocycles. The van der Waals surface area contributed by atoms with Gasteiger partial charge in [0.25, 0.3) is 0 Å². The number of benzene rings is 18. The zero-order chi connectivity index (χ0) is 86.4. The third-order valence-corrected chi connectivity index (χ3v) is 29.2. The fraction of sp³-hybridized carbons (Fsp3) is 0.0968. The molecule has 610 valence electrons. The zero-order valence-corrected chi connectivity index (χ0v) is 73.3. The molecule has 20 aromatic rings. The van der Waals surface area contributed by atoms with Crippen molar-refractivity contribution in [1.29, 1.82) is 0 Å². The Morgan fingerprint density at radius 2 is 0.484 bits per heavy atom. The predicted molar refractivity (Wildman–Crippen MR) is 542 cm³/mol. The first-order chi connectivity index (χ1) is 62.3. The van der Waals surface area contributed by atoms with Gasteiger partial charge in [-0.2, -0.15) is 0 Å². The van der Waals surface area contributed by atoms with Gasteiger partial charge in [0, 0.05) is 77.3 Å². The van der Waals surface area contributed by atoms with Gasteiger partial charge >= 0.3 is 0 Å². The third kappa shape index (κ3) is 11.7. The molecule has 0 unspecified atom stereocenters. The van der Waals surface area contributed by atoms with Crippen molar-refractivity contribution in [3.63, 3.8) is 0 Å². The van der Waals surface area contributed by atoms with Crippen molar-refractivity contribution in [2.45, 2.75) is 77.0 Å². The topological polar surface area (TPSA) is 16.3 Å². The molecular formula is C124H94N4. The molecule has 0 bridgehead atoms. The van der Waals surface area contributed by atoms with E-state index >= 15 is 0 Å². The highest BCUT2D eigenvalue weighted by atomic mass is 15.1. The van der Waals surface area contributed by atoms with Crippen LogP contribution in [0.25, 0.3) is 167 Å². The van der Waals surface area contributed by atoms with Gasteiger partial charge in [-0.1, -0.05) is 335 Å². The van der Waals surface area contributed by atoms with Crippen LogP contribution in [0.2, 0.25) is 0 Å². The fourth-order valence-corrected chi connectivity index (χ4v) is 22.3. The molecule has 0 amide bonds. The second-order valence-electron chi connectivity index (χ2n) is 37.7. The molecule has 0 saturated heterocycles. The van der Waals surface area contributed by atoms with Gasteiger partial charge in [0.15, 0.2) is 0 Å². The summed E-state index contributed by atoms with van der Waals surface area (Å²) < 4.78 is 5.16. The number of hydrogen-bond acceptors (Lipinski definition) is 2. The van der Waals surface area contributed by atoms with E-state index < -0.39 is 0 Å². The molecule has 24 rings (SSSR count). The summed E-state index contributed by atoms with van der Waals surface area (Å²) >= 11 is 0. The molecule has 4 aliphatic rings. The van der Waals surface area contributed by atoms with E-state index in [2.05, 4.69) is 476 Å². The van der Waals surface area contributed by atoms with Crippen LogP contribution < -0.4 is 9.80 Å². The summed E-state index contributed by atoms with van der Waals surface area (Å²) in [6, 6.07) is 147. The largest absolute Gasteiger partial charge is 0.310 e. The number of nitrogens with zero attached hydrogens (tertiary/aromatic N) is 4. The lowest BCUT2D eigenvalue weighted by atomic mass is 9.72. The monoisotopic (exact) mass is 1640 g/mol. The van der Waals surface area contributed by atoms with Crippen LogP contribution in [0.4, 0.5) is 34.1 Å². The molecule has 0 saturated carbocycles. The zero-order valence-electron chi connectivity index (χ0n) is 73.3. The van der Waals surface area contributed by atoms with Crippen LogP contribution in [0.1, 0.15) is 111 Å². The maximum Gasteiger partial charge on any atom is 0.0582 e. The van der Waals surface area contributed by atoms with Crippen molar-refractivity contribution in [2.24, 2.45) is 0 Å². The van der Waals surface area contributed by atoms with Crippen LogP contribution in [0.15, 0.2) is 401 Å². The molecule has 0 radical (unpaired) electrons. The average Bonchev–Trinajstić information content (AvgIpc) is 1.54. The van der Waals surface area contributed by atoms with Gasteiger partial charge in [0.1, 0.15) is 0 Å². The molecule has 0 N–H and O–H groups in total. The van der Waals surface area contributed by atoms with Crippen LogP contribution in [0, 0.1) is 0 Å². The van der Waals surface area contributed by atoms with Gasteiger partial charge in [-0.05, 0) is 289 Å². The van der Waals surface area contributed by atoms with Crippen molar-refractivity contribution < 1.29 is 0 Å². The van der Waals surface area contributed by atoms with Crippen molar-refractivity contribution >= 4 is 89.9 Å². The van der Waals surface area contributed by atoms with Gasteiger partial charge in [-0.25, -0.2) is 0 Å². The van der Waals surface area contributed by atoms with Crippen LogP contribution >= 0.6 is 0 Å². The van der Waals surface area contributed by atoms with E-state index in [1.807, 2.05) is 12.2 Å². The Labute approximate surface area is 749 Å². The lowest BCUT2D eigenvalue weighted by Gasteiger charge is -2.36. The summed E-state index contributed by atoms with van der Waals surface area (Å²) in [4.78, 5) is 4.88. The summed E-state index contributed by atoms with van der Waals surface area (Å²) in [5.74, 6) is 0. The quantitative estimate of drug-likeness (QED) is 0.102. The lowest BCUT2D eigenvalue weighted by molar-refractivity contribution is 0.629. The Kier molecular flexibility index (Phi) is 17.0. The van der Waals surface area contributed by atoms with Crippen molar-refractivity contribution in [1.82, 2.24) is 9.13 Å². The van der Waals surface area contributed by atoms with E-state index in [-0.39, 0.29) is 21.7 Å². The maximum absolute atomic E-state index is 3.98. The molecule has 0 atom stereocenters. The number of aromatic nitrogens is 2. The molecule has 0 spiro atoms. The summed E-state index contributed by atoms with van der Waals surface area (Å²) in [5.41, 5.74) is 47.6. The normalized spacial score (nSPS) is 14.1. The van der Waals surface area contributed by atoms with Crippen LogP contribution in [-0.2, 0) is 21.7 Å². The van der Waals surface area contributed by atoms with Gasteiger partial charge < -0.3 is 18.9 Å². The number of para-hydroxylation sites is 2. The van der Waals surface area contributed by atoms with Crippen LogP contribution in [0.3, 0.4) is 0 Å². The average molecular weight is 1640 g/mol. The Balaban J connectivity index is 0.595. The Morgan fingerprint density at radius 1 is 0.203 bits per heavy atom.